The van der Waals surface area contributed by atoms with Crippen molar-refractivity contribution in [3.8, 4) is 11.5 Å². The molecule has 1 aliphatic heterocycles. The van der Waals surface area contributed by atoms with Crippen molar-refractivity contribution < 1.29 is 14.3 Å². The minimum absolute atomic E-state index is 0.318. The maximum atomic E-state index is 13.7. The highest BCUT2D eigenvalue weighted by Gasteiger charge is 2.45. The van der Waals surface area contributed by atoms with Crippen LogP contribution < -0.4 is 9.47 Å². The fraction of sp³-hybridized carbons (Fsp3) is 0.682. The Hall–Kier alpha value is -1.71. The fourth-order valence-corrected chi connectivity index (χ4v) is 5.09. The number of fused-ring (bicyclic) bond motifs is 1. The SMILES string of the molecule is CN(C(=O)C1(c2ccc3c(c2)OCCO3)CCCC1)C1CCCCCC1. The van der Waals surface area contributed by atoms with Crippen molar-refractivity contribution in [2.75, 3.05) is 20.3 Å². The number of hydrogen-bond donors (Lipinski definition) is 0. The highest BCUT2D eigenvalue weighted by molar-refractivity contribution is 5.89. The van der Waals surface area contributed by atoms with Gasteiger partial charge in [0.25, 0.3) is 0 Å². The Kier molecular flexibility index (Phi) is 5.10. The molecule has 1 heterocycles. The molecule has 142 valence electrons. The maximum Gasteiger partial charge on any atom is 0.233 e. The van der Waals surface area contributed by atoms with E-state index in [4.69, 9.17) is 9.47 Å². The summed E-state index contributed by atoms with van der Waals surface area (Å²) >= 11 is 0. The third kappa shape index (κ3) is 3.19. The summed E-state index contributed by atoms with van der Waals surface area (Å²) in [6.07, 6.45) is 11.6. The van der Waals surface area contributed by atoms with E-state index >= 15 is 0 Å². The first kappa shape index (κ1) is 17.7. The molecule has 26 heavy (non-hydrogen) atoms. The van der Waals surface area contributed by atoms with Gasteiger partial charge in [0.1, 0.15) is 13.2 Å². The van der Waals surface area contributed by atoms with E-state index in [-0.39, 0.29) is 5.41 Å². The molecular formula is C22H31NO3. The van der Waals surface area contributed by atoms with Crippen molar-refractivity contribution >= 4 is 5.91 Å². The van der Waals surface area contributed by atoms with Gasteiger partial charge in [0.2, 0.25) is 5.91 Å². The molecule has 0 atom stereocenters. The summed E-state index contributed by atoms with van der Waals surface area (Å²) in [5.41, 5.74) is 0.737. The summed E-state index contributed by atoms with van der Waals surface area (Å²) in [6.45, 7) is 1.18. The summed E-state index contributed by atoms with van der Waals surface area (Å²) in [7, 11) is 2.04. The molecule has 0 radical (unpaired) electrons. The second kappa shape index (κ2) is 7.50. The lowest BCUT2D eigenvalue weighted by Crippen LogP contribution is -2.48. The summed E-state index contributed by atoms with van der Waals surface area (Å²) in [6, 6.07) is 6.55. The number of hydrogen-bond acceptors (Lipinski definition) is 3. The second-order valence-corrected chi connectivity index (χ2v) is 8.21. The van der Waals surface area contributed by atoms with Gasteiger partial charge in [-0.25, -0.2) is 0 Å². The van der Waals surface area contributed by atoms with Gasteiger partial charge in [-0.1, -0.05) is 44.6 Å². The third-order valence-electron chi connectivity index (χ3n) is 6.65. The molecule has 0 spiro atoms. The molecule has 4 heteroatoms. The van der Waals surface area contributed by atoms with Crippen molar-refractivity contribution in [2.45, 2.75) is 75.7 Å². The van der Waals surface area contributed by atoms with Crippen LogP contribution in [0.25, 0.3) is 0 Å². The standard InChI is InChI=1S/C22H31NO3/c1-23(18-8-4-2-3-5-9-18)21(24)22(12-6-7-13-22)17-10-11-19-20(16-17)26-15-14-25-19/h10-11,16,18H,2-9,12-15H2,1H3. The molecule has 2 saturated carbocycles. The molecule has 1 aromatic carbocycles. The Morgan fingerprint density at radius 2 is 1.62 bits per heavy atom. The van der Waals surface area contributed by atoms with Gasteiger partial charge in [-0.15, -0.1) is 0 Å². The smallest absolute Gasteiger partial charge is 0.233 e. The Morgan fingerprint density at radius 1 is 0.962 bits per heavy atom. The lowest BCUT2D eigenvalue weighted by molar-refractivity contribution is -0.138. The van der Waals surface area contributed by atoms with E-state index in [1.54, 1.807) is 0 Å². The van der Waals surface area contributed by atoms with Crippen molar-refractivity contribution in [3.63, 3.8) is 0 Å². The van der Waals surface area contributed by atoms with Crippen LogP contribution in [0.4, 0.5) is 0 Å². The monoisotopic (exact) mass is 357 g/mol. The van der Waals surface area contributed by atoms with Gasteiger partial charge in [0.05, 0.1) is 5.41 Å². The molecule has 0 aromatic heterocycles. The first-order chi connectivity index (χ1) is 12.7. The Morgan fingerprint density at radius 3 is 2.31 bits per heavy atom. The van der Waals surface area contributed by atoms with E-state index in [1.165, 1.54) is 25.7 Å². The topological polar surface area (TPSA) is 38.8 Å². The summed E-state index contributed by atoms with van der Waals surface area (Å²) in [5, 5.41) is 0. The zero-order valence-electron chi connectivity index (χ0n) is 16.0. The summed E-state index contributed by atoms with van der Waals surface area (Å²) < 4.78 is 11.5. The predicted molar refractivity (Wildman–Crippen MR) is 102 cm³/mol. The Labute approximate surface area is 156 Å². The quantitative estimate of drug-likeness (QED) is 0.750. The number of rotatable bonds is 3. The predicted octanol–water partition coefficient (Wildman–Crippen LogP) is 4.45. The van der Waals surface area contributed by atoms with Crippen LogP contribution in [0.15, 0.2) is 18.2 Å². The van der Waals surface area contributed by atoms with Gasteiger partial charge in [-0.2, -0.15) is 0 Å². The molecule has 1 aromatic rings. The van der Waals surface area contributed by atoms with Gasteiger partial charge in [-0.05, 0) is 43.4 Å². The van der Waals surface area contributed by atoms with Crippen molar-refractivity contribution in [1.29, 1.82) is 0 Å². The molecule has 3 aliphatic rings. The van der Waals surface area contributed by atoms with Gasteiger partial charge in [-0.3, -0.25) is 4.79 Å². The summed E-state index contributed by atoms with van der Waals surface area (Å²) in [5.74, 6) is 1.92. The van der Waals surface area contributed by atoms with Gasteiger partial charge in [0.15, 0.2) is 11.5 Å². The van der Waals surface area contributed by atoms with Gasteiger partial charge >= 0.3 is 0 Å². The second-order valence-electron chi connectivity index (χ2n) is 8.21. The van der Waals surface area contributed by atoms with Crippen LogP contribution in [0.3, 0.4) is 0 Å². The number of carbonyl (C=O) groups is 1. The number of nitrogens with zero attached hydrogens (tertiary/aromatic N) is 1. The molecule has 2 fully saturated rings. The minimum Gasteiger partial charge on any atom is -0.486 e. The lowest BCUT2D eigenvalue weighted by atomic mass is 9.77. The molecule has 4 nitrogen and oxygen atoms in total. The van der Waals surface area contributed by atoms with Crippen LogP contribution >= 0.6 is 0 Å². The molecule has 2 aliphatic carbocycles. The number of likely N-dealkylation sites (N-methyl/N-ethyl adjacent to an activating group) is 1. The van der Waals surface area contributed by atoms with Crippen LogP contribution in [0.2, 0.25) is 0 Å². The fourth-order valence-electron chi connectivity index (χ4n) is 5.09. The molecule has 4 rings (SSSR count). The van der Waals surface area contributed by atoms with Crippen LogP contribution in [0.1, 0.15) is 69.8 Å². The molecule has 0 bridgehead atoms. The highest BCUT2D eigenvalue weighted by atomic mass is 16.6. The first-order valence-corrected chi connectivity index (χ1v) is 10.4. The van der Waals surface area contributed by atoms with Gasteiger partial charge in [0, 0.05) is 13.1 Å². The molecule has 0 N–H and O–H groups in total. The van der Waals surface area contributed by atoms with Crippen LogP contribution in [-0.2, 0) is 10.2 Å². The van der Waals surface area contributed by atoms with Crippen LogP contribution in [0, 0.1) is 0 Å². The zero-order valence-corrected chi connectivity index (χ0v) is 16.0. The third-order valence-corrected chi connectivity index (χ3v) is 6.65. The maximum absolute atomic E-state index is 13.7. The molecular weight excluding hydrogens is 326 g/mol. The van der Waals surface area contributed by atoms with E-state index in [2.05, 4.69) is 17.0 Å². The number of amides is 1. The first-order valence-electron chi connectivity index (χ1n) is 10.4. The summed E-state index contributed by atoms with van der Waals surface area (Å²) in [4.78, 5) is 15.8. The largest absolute Gasteiger partial charge is 0.486 e. The van der Waals surface area contributed by atoms with E-state index < -0.39 is 0 Å². The lowest BCUT2D eigenvalue weighted by Gasteiger charge is -2.37. The van der Waals surface area contributed by atoms with E-state index in [0.29, 0.717) is 25.2 Å². The van der Waals surface area contributed by atoms with Gasteiger partial charge < -0.3 is 14.4 Å². The van der Waals surface area contributed by atoms with E-state index in [9.17, 15) is 4.79 Å². The Balaban J connectivity index is 1.62. The molecule has 0 unspecified atom stereocenters. The normalized spacial score (nSPS) is 22.7. The average Bonchev–Trinajstić information content (AvgIpc) is 3.03. The van der Waals surface area contributed by atoms with Crippen molar-refractivity contribution in [1.82, 2.24) is 4.90 Å². The average molecular weight is 357 g/mol. The highest BCUT2D eigenvalue weighted by Crippen LogP contribution is 2.45. The number of carbonyl (C=O) groups excluding carboxylic acids is 1. The minimum atomic E-state index is -0.378. The zero-order chi connectivity index (χ0) is 18.0. The van der Waals surface area contributed by atoms with E-state index in [0.717, 1.165) is 55.6 Å². The van der Waals surface area contributed by atoms with E-state index in [1.807, 2.05) is 13.1 Å². The molecule has 1 amide bonds. The number of benzene rings is 1. The number of ether oxygens (including phenoxy) is 2. The van der Waals surface area contributed by atoms with Crippen molar-refractivity contribution in [2.24, 2.45) is 0 Å². The van der Waals surface area contributed by atoms with Crippen molar-refractivity contribution in [3.05, 3.63) is 23.8 Å². The van der Waals surface area contributed by atoms with Crippen LogP contribution in [-0.4, -0.2) is 37.1 Å². The van der Waals surface area contributed by atoms with Crippen LogP contribution in [0.5, 0.6) is 11.5 Å². The molecule has 0 saturated heterocycles. The Bertz CT molecular complexity index is 643.